The van der Waals surface area contributed by atoms with Crippen molar-refractivity contribution in [3.8, 4) is 0 Å². The Bertz CT molecular complexity index is 1080. The number of aromatic amines is 1. The molecule has 0 saturated heterocycles. The molecule has 0 unspecified atom stereocenters. The molecule has 4 rings (SSSR count). The van der Waals surface area contributed by atoms with Crippen LogP contribution in [-0.2, 0) is 0 Å². The monoisotopic (exact) mass is 448 g/mol. The lowest BCUT2D eigenvalue weighted by molar-refractivity contribution is -0.577. The fourth-order valence-corrected chi connectivity index (χ4v) is 2.70. The van der Waals surface area contributed by atoms with Gasteiger partial charge < -0.3 is 10.2 Å². The number of H-pyrrole nitrogens is 1. The standard InChI is InChI=1S/2C8H5BrN2O/c9-5-3-7-6(10-4-5)1-2-8(12)11-7;9-6-4-8-7(10-5-6)2-1-3-11(8)12/h1-4H,(H,11,12);1-5H. The highest BCUT2D eigenvalue weighted by Gasteiger charge is 2.03. The zero-order valence-electron chi connectivity index (χ0n) is 12.1. The van der Waals surface area contributed by atoms with Crippen LogP contribution in [0.5, 0.6) is 0 Å². The summed E-state index contributed by atoms with van der Waals surface area (Å²) in [5, 5.41) is 11.2. The Hall–Kier alpha value is -2.32. The van der Waals surface area contributed by atoms with Crippen LogP contribution < -0.4 is 10.3 Å². The summed E-state index contributed by atoms with van der Waals surface area (Å²) in [5.74, 6) is 0. The lowest BCUT2D eigenvalue weighted by atomic mass is 10.3. The van der Waals surface area contributed by atoms with Gasteiger partial charge in [0.15, 0.2) is 6.20 Å². The first kappa shape index (κ1) is 16.5. The second-order valence-electron chi connectivity index (χ2n) is 4.80. The van der Waals surface area contributed by atoms with E-state index in [1.807, 2.05) is 6.07 Å². The van der Waals surface area contributed by atoms with E-state index < -0.39 is 0 Å². The molecule has 0 atom stereocenters. The van der Waals surface area contributed by atoms with Crippen molar-refractivity contribution >= 4 is 53.9 Å². The number of nitrogens with one attached hydrogen (secondary N) is 1. The molecular formula is C16H10Br2N4O2. The minimum Gasteiger partial charge on any atom is -0.618 e. The van der Waals surface area contributed by atoms with Crippen molar-refractivity contribution in [3.05, 3.63) is 79.5 Å². The molecular weight excluding hydrogens is 440 g/mol. The molecule has 0 fully saturated rings. The van der Waals surface area contributed by atoms with Crippen LogP contribution in [0.4, 0.5) is 0 Å². The Balaban J connectivity index is 0.000000141. The predicted molar refractivity (Wildman–Crippen MR) is 98.5 cm³/mol. The highest BCUT2D eigenvalue weighted by molar-refractivity contribution is 9.10. The zero-order valence-corrected chi connectivity index (χ0v) is 15.3. The molecule has 8 heteroatoms. The molecule has 6 nitrogen and oxygen atoms in total. The number of rotatable bonds is 0. The van der Waals surface area contributed by atoms with E-state index in [-0.39, 0.29) is 5.56 Å². The van der Waals surface area contributed by atoms with E-state index >= 15 is 0 Å². The van der Waals surface area contributed by atoms with E-state index in [4.69, 9.17) is 0 Å². The highest BCUT2D eigenvalue weighted by atomic mass is 79.9. The first-order valence-electron chi connectivity index (χ1n) is 6.81. The molecule has 0 amide bonds. The summed E-state index contributed by atoms with van der Waals surface area (Å²) >= 11 is 6.52. The van der Waals surface area contributed by atoms with Gasteiger partial charge in [-0.2, -0.15) is 4.73 Å². The third kappa shape index (κ3) is 3.77. The second-order valence-corrected chi connectivity index (χ2v) is 6.63. The second kappa shape index (κ2) is 7.06. The molecule has 0 spiro atoms. The van der Waals surface area contributed by atoms with Crippen molar-refractivity contribution in [1.29, 1.82) is 0 Å². The van der Waals surface area contributed by atoms with Crippen LogP contribution in [-0.4, -0.2) is 15.0 Å². The molecule has 4 aromatic rings. The van der Waals surface area contributed by atoms with E-state index in [2.05, 4.69) is 46.8 Å². The molecule has 0 aliphatic carbocycles. The van der Waals surface area contributed by atoms with Crippen LogP contribution in [0, 0.1) is 5.21 Å². The van der Waals surface area contributed by atoms with Crippen molar-refractivity contribution in [1.82, 2.24) is 15.0 Å². The van der Waals surface area contributed by atoms with Crippen molar-refractivity contribution in [2.24, 2.45) is 0 Å². The molecule has 120 valence electrons. The summed E-state index contributed by atoms with van der Waals surface area (Å²) in [5.41, 5.74) is 2.71. The number of fused-ring (bicyclic) bond motifs is 2. The van der Waals surface area contributed by atoms with Gasteiger partial charge in [-0.1, -0.05) is 0 Å². The van der Waals surface area contributed by atoms with E-state index in [1.54, 1.807) is 36.7 Å². The topological polar surface area (TPSA) is 85.6 Å². The van der Waals surface area contributed by atoms with Gasteiger partial charge in [0, 0.05) is 39.5 Å². The quantitative estimate of drug-likeness (QED) is 0.329. The largest absolute Gasteiger partial charge is 0.618 e. The summed E-state index contributed by atoms with van der Waals surface area (Å²) in [6.07, 6.45) is 4.82. The zero-order chi connectivity index (χ0) is 17.1. The molecule has 0 radical (unpaired) electrons. The van der Waals surface area contributed by atoms with E-state index in [9.17, 15) is 10.0 Å². The van der Waals surface area contributed by atoms with Crippen molar-refractivity contribution in [2.75, 3.05) is 0 Å². The van der Waals surface area contributed by atoms with Gasteiger partial charge >= 0.3 is 0 Å². The SMILES string of the molecule is O=c1ccc2ncc(Br)cc2[nH]1.[O-][n+]1cccc2ncc(Br)cc21. The molecule has 0 aliphatic heterocycles. The first-order valence-corrected chi connectivity index (χ1v) is 8.39. The molecule has 1 N–H and O–H groups in total. The molecule has 0 aromatic carbocycles. The average molecular weight is 450 g/mol. The molecule has 24 heavy (non-hydrogen) atoms. The number of nitrogens with zero attached hydrogens (tertiary/aromatic N) is 3. The highest BCUT2D eigenvalue weighted by Crippen LogP contribution is 2.13. The van der Waals surface area contributed by atoms with Crippen LogP contribution in [0.2, 0.25) is 0 Å². The van der Waals surface area contributed by atoms with Gasteiger partial charge in [0.2, 0.25) is 11.1 Å². The maximum absolute atomic E-state index is 11.2. The lowest BCUT2D eigenvalue weighted by Gasteiger charge is -1.99. The molecule has 0 bridgehead atoms. The van der Waals surface area contributed by atoms with Crippen LogP contribution in [0.1, 0.15) is 0 Å². The maximum atomic E-state index is 11.2. The minimum absolute atomic E-state index is 0.109. The third-order valence-electron chi connectivity index (χ3n) is 3.11. The lowest BCUT2D eigenvalue weighted by Crippen LogP contribution is -2.25. The number of hydrogen-bond donors (Lipinski definition) is 1. The first-order chi connectivity index (χ1) is 11.5. The fourth-order valence-electron chi connectivity index (χ4n) is 2.05. The van der Waals surface area contributed by atoms with Crippen molar-refractivity contribution < 1.29 is 4.73 Å². The number of hydrogen-bond acceptors (Lipinski definition) is 4. The van der Waals surface area contributed by atoms with E-state index in [0.717, 1.165) is 24.7 Å². The Morgan fingerprint density at radius 2 is 1.71 bits per heavy atom. The van der Waals surface area contributed by atoms with Crippen LogP contribution in [0.3, 0.4) is 0 Å². The summed E-state index contributed by atoms with van der Waals surface area (Å²) in [7, 11) is 0. The third-order valence-corrected chi connectivity index (χ3v) is 3.98. The van der Waals surface area contributed by atoms with E-state index in [0.29, 0.717) is 11.0 Å². The Morgan fingerprint density at radius 3 is 2.50 bits per heavy atom. The molecule has 0 saturated carbocycles. The average Bonchev–Trinajstić information content (AvgIpc) is 2.56. The number of halogens is 2. The normalized spacial score (nSPS) is 10.4. The number of pyridine rings is 4. The summed E-state index contributed by atoms with van der Waals surface area (Å²) in [6.45, 7) is 0. The van der Waals surface area contributed by atoms with Gasteiger partial charge in [-0.3, -0.25) is 9.78 Å². The summed E-state index contributed by atoms with van der Waals surface area (Å²) in [4.78, 5) is 21.8. The van der Waals surface area contributed by atoms with Crippen LogP contribution >= 0.6 is 31.9 Å². The smallest absolute Gasteiger partial charge is 0.248 e. The minimum atomic E-state index is -0.109. The summed E-state index contributed by atoms with van der Waals surface area (Å²) < 4.78 is 2.47. The van der Waals surface area contributed by atoms with Crippen molar-refractivity contribution in [2.45, 2.75) is 0 Å². The van der Waals surface area contributed by atoms with Gasteiger partial charge in [-0.05, 0) is 50.1 Å². The fraction of sp³-hybridized carbons (Fsp3) is 0. The predicted octanol–water partition coefficient (Wildman–Crippen LogP) is 3.32. The van der Waals surface area contributed by atoms with Gasteiger partial charge in [0.05, 0.1) is 11.0 Å². The van der Waals surface area contributed by atoms with Gasteiger partial charge in [-0.15, -0.1) is 0 Å². The Morgan fingerprint density at radius 1 is 1.00 bits per heavy atom. The molecule has 0 aliphatic rings. The van der Waals surface area contributed by atoms with Gasteiger partial charge in [0.25, 0.3) is 0 Å². The summed E-state index contributed by atoms with van der Waals surface area (Å²) in [6, 6.07) is 10.2. The van der Waals surface area contributed by atoms with Crippen LogP contribution in [0.15, 0.2) is 68.7 Å². The van der Waals surface area contributed by atoms with E-state index in [1.165, 1.54) is 12.3 Å². The molecule has 4 aromatic heterocycles. The van der Waals surface area contributed by atoms with Crippen molar-refractivity contribution in [3.63, 3.8) is 0 Å². The Labute approximate surface area is 153 Å². The maximum Gasteiger partial charge on any atom is 0.248 e. The van der Waals surface area contributed by atoms with Gasteiger partial charge in [-0.25, -0.2) is 4.98 Å². The Kier molecular flexibility index (Phi) is 4.86. The molecule has 4 heterocycles. The van der Waals surface area contributed by atoms with Crippen LogP contribution in [0.25, 0.3) is 22.1 Å². The van der Waals surface area contributed by atoms with Gasteiger partial charge in [0.1, 0.15) is 5.52 Å². The number of aromatic nitrogens is 4.